The molecule has 4 aromatic heterocycles. The molecule has 0 aliphatic heterocycles. The van der Waals surface area contributed by atoms with Gasteiger partial charge in [-0.3, -0.25) is 4.98 Å². The van der Waals surface area contributed by atoms with Gasteiger partial charge in [0.05, 0.1) is 26.9 Å². The quantitative estimate of drug-likeness (QED) is 0.225. The average molecular weight is 537 g/mol. The fourth-order valence-electron chi connectivity index (χ4n) is 5.27. The van der Waals surface area contributed by atoms with Gasteiger partial charge < -0.3 is 4.57 Å². The van der Waals surface area contributed by atoms with Gasteiger partial charge in [-0.25, -0.2) is 9.97 Å². The van der Waals surface area contributed by atoms with Crippen molar-refractivity contribution in [1.82, 2.24) is 19.5 Å². The van der Waals surface area contributed by atoms with Crippen LogP contribution in [-0.4, -0.2) is 19.5 Å². The van der Waals surface area contributed by atoms with E-state index in [2.05, 4.69) is 106 Å². The Morgan fingerprint density at radius 2 is 1.46 bits per heavy atom. The van der Waals surface area contributed by atoms with Crippen molar-refractivity contribution in [2.75, 3.05) is 0 Å². The maximum absolute atomic E-state index is 5.01. The van der Waals surface area contributed by atoms with Crippen LogP contribution in [0.3, 0.4) is 0 Å². The third-order valence-electron chi connectivity index (χ3n) is 7.05. The summed E-state index contributed by atoms with van der Waals surface area (Å²) < 4.78 is 3.52. The minimum absolute atomic E-state index is 0.965. The Bertz CT molecular complexity index is 2120. The van der Waals surface area contributed by atoms with Crippen LogP contribution in [0.15, 0.2) is 121 Å². The maximum atomic E-state index is 5.01. The summed E-state index contributed by atoms with van der Waals surface area (Å²) in [7, 11) is 0. The summed E-state index contributed by atoms with van der Waals surface area (Å²) in [6.07, 6.45) is 3.69. The van der Waals surface area contributed by atoms with Gasteiger partial charge in [-0.2, -0.15) is 0 Å². The first-order chi connectivity index (χ1) is 19.3. The number of pyridine rings is 1. The highest BCUT2D eigenvalue weighted by molar-refractivity contribution is 7.21. The molecular weight excluding hydrogens is 517 g/mol. The smallest absolute Gasteiger partial charge is 0.124 e. The number of hydrogen-bond donors (Lipinski definition) is 0. The van der Waals surface area contributed by atoms with Crippen molar-refractivity contribution >= 4 is 54.7 Å². The van der Waals surface area contributed by atoms with Gasteiger partial charge in [-0.15, -0.1) is 22.7 Å². The van der Waals surface area contributed by atoms with Gasteiger partial charge in [0.2, 0.25) is 0 Å². The van der Waals surface area contributed by atoms with Crippen LogP contribution in [0, 0.1) is 0 Å². The summed E-state index contributed by atoms with van der Waals surface area (Å²) in [5.74, 6) is 0. The van der Waals surface area contributed by atoms with E-state index in [0.717, 1.165) is 49.1 Å². The molecule has 0 fully saturated rings. The third-order valence-corrected chi connectivity index (χ3v) is 8.94. The lowest BCUT2D eigenvalue weighted by Gasteiger charge is -2.10. The van der Waals surface area contributed by atoms with Crippen LogP contribution in [0.25, 0.3) is 70.1 Å². The summed E-state index contributed by atoms with van der Waals surface area (Å²) in [5, 5.41) is 6.52. The van der Waals surface area contributed by atoms with Crippen LogP contribution in [0.2, 0.25) is 0 Å². The summed E-state index contributed by atoms with van der Waals surface area (Å²) in [5.41, 5.74) is 8.78. The molecule has 0 aliphatic rings. The molecule has 0 unspecified atom stereocenters. The Balaban J connectivity index is 1.31. The number of hydrogen-bond acceptors (Lipinski definition) is 5. The van der Waals surface area contributed by atoms with Crippen molar-refractivity contribution in [3.05, 3.63) is 121 Å². The average Bonchev–Trinajstić information content (AvgIpc) is 3.75. The summed E-state index contributed by atoms with van der Waals surface area (Å²) in [6.45, 7) is 0. The number of aromatic nitrogens is 4. The molecule has 8 rings (SSSR count). The SMILES string of the molecule is c1ccc(-c2cccc(-n3c4ccccc4c4ccc(-c5nc6ccc(-c7nccs7)cc6s5)cc43)c2)nc1. The molecular formula is C33H20N4S2. The van der Waals surface area contributed by atoms with E-state index in [-0.39, 0.29) is 0 Å². The minimum atomic E-state index is 0.965. The van der Waals surface area contributed by atoms with Crippen LogP contribution in [-0.2, 0) is 0 Å². The number of thiazole rings is 2. The highest BCUT2D eigenvalue weighted by atomic mass is 32.1. The number of benzene rings is 4. The highest BCUT2D eigenvalue weighted by Gasteiger charge is 2.15. The van der Waals surface area contributed by atoms with E-state index in [4.69, 9.17) is 4.98 Å². The summed E-state index contributed by atoms with van der Waals surface area (Å²) >= 11 is 3.38. The van der Waals surface area contributed by atoms with Crippen LogP contribution < -0.4 is 0 Å². The van der Waals surface area contributed by atoms with Crippen molar-refractivity contribution < 1.29 is 0 Å². The fourth-order valence-corrected chi connectivity index (χ4v) is 6.90. The normalized spacial score (nSPS) is 11.6. The lowest BCUT2D eigenvalue weighted by Crippen LogP contribution is -1.95. The monoisotopic (exact) mass is 536 g/mol. The second kappa shape index (κ2) is 8.98. The number of nitrogens with zero attached hydrogens (tertiary/aromatic N) is 4. The van der Waals surface area contributed by atoms with E-state index >= 15 is 0 Å². The van der Waals surface area contributed by atoms with E-state index in [1.807, 2.05) is 29.9 Å². The molecule has 0 aliphatic carbocycles. The molecule has 0 spiro atoms. The zero-order valence-electron chi connectivity index (χ0n) is 20.7. The van der Waals surface area contributed by atoms with Gasteiger partial charge in [0.1, 0.15) is 10.0 Å². The minimum Gasteiger partial charge on any atom is -0.309 e. The van der Waals surface area contributed by atoms with Gasteiger partial charge >= 0.3 is 0 Å². The van der Waals surface area contributed by atoms with E-state index in [1.165, 1.54) is 21.0 Å². The molecule has 0 N–H and O–H groups in total. The van der Waals surface area contributed by atoms with Crippen molar-refractivity contribution in [2.45, 2.75) is 0 Å². The molecule has 4 nitrogen and oxygen atoms in total. The van der Waals surface area contributed by atoms with Crippen molar-refractivity contribution in [1.29, 1.82) is 0 Å². The molecule has 0 bridgehead atoms. The van der Waals surface area contributed by atoms with Gasteiger partial charge in [-0.1, -0.05) is 48.5 Å². The predicted molar refractivity (Wildman–Crippen MR) is 164 cm³/mol. The lowest BCUT2D eigenvalue weighted by molar-refractivity contribution is 1.18. The van der Waals surface area contributed by atoms with E-state index < -0.39 is 0 Å². The molecule has 0 radical (unpaired) electrons. The maximum Gasteiger partial charge on any atom is 0.124 e. The molecule has 0 saturated carbocycles. The zero-order valence-corrected chi connectivity index (χ0v) is 22.3. The standard InChI is InChI=1S/C33H20N4S2/c1-2-10-29-25(8-1)26-13-11-22(33-36-28-14-12-23(20-31(28)39-33)32-35-16-17-38-32)19-30(26)37(29)24-7-5-6-21(18-24)27-9-3-4-15-34-27/h1-20H. The molecule has 4 aromatic carbocycles. The highest BCUT2D eigenvalue weighted by Crippen LogP contribution is 2.38. The molecule has 0 atom stereocenters. The Morgan fingerprint density at radius 1 is 0.590 bits per heavy atom. The Kier molecular flexibility index (Phi) is 5.14. The van der Waals surface area contributed by atoms with Crippen molar-refractivity contribution in [3.8, 4) is 38.1 Å². The van der Waals surface area contributed by atoms with E-state index in [0.29, 0.717) is 0 Å². The Morgan fingerprint density at radius 3 is 2.36 bits per heavy atom. The van der Waals surface area contributed by atoms with Gasteiger partial charge in [-0.05, 0) is 54.6 Å². The lowest BCUT2D eigenvalue weighted by atomic mass is 10.1. The summed E-state index contributed by atoms with van der Waals surface area (Å²) in [6, 6.07) is 36.4. The molecule has 0 amide bonds. The van der Waals surface area contributed by atoms with E-state index in [9.17, 15) is 0 Å². The largest absolute Gasteiger partial charge is 0.309 e. The van der Waals surface area contributed by atoms with Gasteiger partial charge in [0.15, 0.2) is 0 Å². The van der Waals surface area contributed by atoms with E-state index in [1.54, 1.807) is 22.7 Å². The van der Waals surface area contributed by atoms with Crippen molar-refractivity contribution in [3.63, 3.8) is 0 Å². The van der Waals surface area contributed by atoms with Crippen LogP contribution in [0.4, 0.5) is 0 Å². The first-order valence-electron chi connectivity index (χ1n) is 12.7. The Labute approximate surface area is 232 Å². The number of para-hydroxylation sites is 1. The zero-order chi connectivity index (χ0) is 25.8. The topological polar surface area (TPSA) is 43.6 Å². The van der Waals surface area contributed by atoms with Crippen LogP contribution >= 0.6 is 22.7 Å². The predicted octanol–water partition coefficient (Wildman–Crippen LogP) is 9.25. The van der Waals surface area contributed by atoms with Gasteiger partial charge in [0, 0.05) is 50.9 Å². The first-order valence-corrected chi connectivity index (χ1v) is 14.4. The first kappa shape index (κ1) is 22.3. The Hall–Kier alpha value is -4.65. The molecule has 39 heavy (non-hydrogen) atoms. The number of fused-ring (bicyclic) bond motifs is 4. The van der Waals surface area contributed by atoms with Gasteiger partial charge in [0.25, 0.3) is 0 Å². The molecule has 8 aromatic rings. The third kappa shape index (κ3) is 3.76. The summed E-state index contributed by atoms with van der Waals surface area (Å²) in [4.78, 5) is 14.1. The number of rotatable bonds is 4. The fraction of sp³-hybridized carbons (Fsp3) is 0. The molecule has 6 heteroatoms. The molecule has 0 saturated heterocycles. The second-order valence-electron chi connectivity index (χ2n) is 9.39. The second-order valence-corrected chi connectivity index (χ2v) is 11.3. The molecule has 4 heterocycles. The van der Waals surface area contributed by atoms with Crippen LogP contribution in [0.5, 0.6) is 0 Å². The van der Waals surface area contributed by atoms with Crippen molar-refractivity contribution in [2.24, 2.45) is 0 Å². The molecule has 184 valence electrons. The van der Waals surface area contributed by atoms with Crippen LogP contribution in [0.1, 0.15) is 0 Å².